The molecule has 0 aromatic carbocycles. The number of ketones is 1. The second-order valence-corrected chi connectivity index (χ2v) is 23.1. The van der Waals surface area contributed by atoms with Gasteiger partial charge in [-0.25, -0.2) is 0 Å². The summed E-state index contributed by atoms with van der Waals surface area (Å²) >= 11 is 8.90. The molecule has 7 heteroatoms. The first-order chi connectivity index (χ1) is 28.5. The molecule has 3 nitrogen and oxygen atoms in total. The van der Waals surface area contributed by atoms with Gasteiger partial charge in [0.05, 0.1) is 16.3 Å². The number of hydrogen-bond donors (Lipinski definition) is 0. The fourth-order valence-electron chi connectivity index (χ4n) is 7.70. The van der Waals surface area contributed by atoms with Crippen LogP contribution in [0.4, 0.5) is 0 Å². The fraction of sp³-hybridized carbons (Fsp3) is 0.961. The largest absolute Gasteiger partial charge is 0.468 e. The van der Waals surface area contributed by atoms with E-state index in [1.807, 2.05) is 0 Å². The molecule has 0 heterocycles. The van der Waals surface area contributed by atoms with E-state index in [-0.39, 0.29) is 11.8 Å². The summed E-state index contributed by atoms with van der Waals surface area (Å²) in [7, 11) is 1.44. The van der Waals surface area contributed by atoms with Gasteiger partial charge in [0, 0.05) is 6.42 Å². The van der Waals surface area contributed by atoms with Gasteiger partial charge in [-0.2, -0.15) is 0 Å². The predicted octanol–water partition coefficient (Wildman–Crippen LogP) is 18.4. The fourth-order valence-corrected chi connectivity index (χ4v) is 13.5. The highest BCUT2D eigenvalue weighted by molar-refractivity contribution is 8.17. The molecule has 0 aromatic heterocycles. The lowest BCUT2D eigenvalue weighted by atomic mass is 9.93. The Hall–Kier alpha value is 0.540. The van der Waals surface area contributed by atoms with Crippen LogP contribution in [0.15, 0.2) is 0 Å². The lowest BCUT2D eigenvalue weighted by molar-refractivity contribution is -0.149. The average Bonchev–Trinajstić information content (AvgIpc) is 3.23. The molecule has 0 aliphatic heterocycles. The van der Waals surface area contributed by atoms with Crippen molar-refractivity contribution in [3.8, 4) is 0 Å². The van der Waals surface area contributed by atoms with Gasteiger partial charge in [-0.15, -0.1) is 47.0 Å². The molecule has 0 N–H and O–H groups in total. The van der Waals surface area contributed by atoms with E-state index in [1.165, 1.54) is 229 Å². The summed E-state index contributed by atoms with van der Waals surface area (Å²) in [6.45, 7) is 9.19. The van der Waals surface area contributed by atoms with Gasteiger partial charge in [0.25, 0.3) is 0 Å². The number of carbonyl (C=O) groups is 2. The van der Waals surface area contributed by atoms with Gasteiger partial charge >= 0.3 is 5.97 Å². The van der Waals surface area contributed by atoms with E-state index >= 15 is 0 Å². The van der Waals surface area contributed by atoms with Crippen LogP contribution in [0.25, 0.3) is 0 Å². The number of carbonyl (C=O) groups excluding carboxylic acids is 2. The smallest absolute Gasteiger partial charge is 0.316 e. The van der Waals surface area contributed by atoms with Crippen LogP contribution < -0.4 is 0 Å². The highest BCUT2D eigenvalue weighted by Crippen LogP contribution is 2.32. The molecule has 0 bridgehead atoms. The van der Waals surface area contributed by atoms with Crippen molar-refractivity contribution in [2.24, 2.45) is 5.92 Å². The number of hydrogen-bond acceptors (Lipinski definition) is 7. The Kier molecular flexibility index (Phi) is 49.0. The van der Waals surface area contributed by atoms with Crippen LogP contribution in [0.3, 0.4) is 0 Å². The van der Waals surface area contributed by atoms with E-state index in [0.717, 1.165) is 34.8 Å². The minimum absolute atomic E-state index is 0.112. The Bertz CT molecular complexity index is 807. The van der Waals surface area contributed by atoms with Crippen LogP contribution in [0.5, 0.6) is 0 Å². The molecular formula is C51H100O3S4. The van der Waals surface area contributed by atoms with Crippen molar-refractivity contribution in [1.82, 2.24) is 0 Å². The number of rotatable bonds is 49. The van der Waals surface area contributed by atoms with E-state index in [1.54, 1.807) is 0 Å². The number of ether oxygens (including phenoxy) is 1. The molecule has 58 heavy (non-hydrogen) atoms. The molecule has 0 rings (SSSR count). The van der Waals surface area contributed by atoms with Crippen LogP contribution in [0.1, 0.15) is 265 Å². The Balaban J connectivity index is 4.47. The summed E-state index contributed by atoms with van der Waals surface area (Å²) in [6, 6.07) is 0. The lowest BCUT2D eigenvalue weighted by Gasteiger charge is -2.17. The average molecular weight is 890 g/mol. The van der Waals surface area contributed by atoms with E-state index in [0.29, 0.717) is 12.8 Å². The zero-order valence-corrected chi connectivity index (χ0v) is 42.8. The number of unbranched alkanes of at least 4 members (excludes halogenated alkanes) is 27. The van der Waals surface area contributed by atoms with Gasteiger partial charge < -0.3 is 4.74 Å². The molecule has 0 amide bonds. The van der Waals surface area contributed by atoms with Crippen molar-refractivity contribution in [3.05, 3.63) is 0 Å². The van der Waals surface area contributed by atoms with E-state index < -0.39 is 5.92 Å². The van der Waals surface area contributed by atoms with Crippen molar-refractivity contribution in [2.75, 3.05) is 30.1 Å². The van der Waals surface area contributed by atoms with Crippen LogP contribution in [0, 0.1) is 5.92 Å². The summed E-state index contributed by atoms with van der Waals surface area (Å²) in [5, 5.41) is 0. The third kappa shape index (κ3) is 40.6. The van der Waals surface area contributed by atoms with E-state index in [9.17, 15) is 9.59 Å². The predicted molar refractivity (Wildman–Crippen MR) is 271 cm³/mol. The summed E-state index contributed by atoms with van der Waals surface area (Å²) in [5.74, 6) is 4.49. The second kappa shape index (κ2) is 48.6. The molecule has 0 aromatic rings. The monoisotopic (exact) mass is 889 g/mol. The Morgan fingerprint density at radius 1 is 0.362 bits per heavy atom. The molecule has 0 aliphatic rings. The summed E-state index contributed by atoms with van der Waals surface area (Å²) in [4.78, 5) is 25.9. The van der Waals surface area contributed by atoms with Gasteiger partial charge in [0.15, 0.2) is 0 Å². The number of thioether (sulfide) groups is 4. The van der Waals surface area contributed by atoms with Crippen molar-refractivity contribution in [3.63, 3.8) is 0 Å². The maximum atomic E-state index is 13.2. The number of methoxy groups -OCH3 is 1. The first-order valence-corrected chi connectivity index (χ1v) is 29.8. The molecule has 1 atom stereocenters. The number of esters is 1. The third-order valence-corrected chi connectivity index (χ3v) is 17.8. The van der Waals surface area contributed by atoms with Gasteiger partial charge in [-0.05, 0) is 74.4 Å². The van der Waals surface area contributed by atoms with Crippen LogP contribution in [-0.4, -0.2) is 51.0 Å². The quantitative estimate of drug-likeness (QED) is 0.0261. The SMILES string of the molecule is CCCCCCCCSC(CCCCCCCC(=O)C(CCCCCCC(SCCCCCCCC)SCCCCCCCC)C(=O)OC)SCCCCCCCC. The second-order valence-electron chi connectivity index (χ2n) is 17.3. The van der Waals surface area contributed by atoms with Crippen LogP contribution in [-0.2, 0) is 14.3 Å². The first kappa shape index (κ1) is 58.5. The number of Topliss-reactive ketones (excluding diaryl/α,β-unsaturated/α-hetero) is 1. The molecule has 0 radical (unpaired) electrons. The third-order valence-electron chi connectivity index (χ3n) is 11.6. The van der Waals surface area contributed by atoms with Crippen LogP contribution >= 0.6 is 47.0 Å². The highest BCUT2D eigenvalue weighted by atomic mass is 32.2. The zero-order valence-electron chi connectivity index (χ0n) is 39.6. The van der Waals surface area contributed by atoms with Gasteiger partial charge in [0.2, 0.25) is 0 Å². The summed E-state index contributed by atoms with van der Waals surface area (Å²) in [5.41, 5.74) is 0. The molecular weight excluding hydrogens is 789 g/mol. The topological polar surface area (TPSA) is 43.4 Å². The maximum Gasteiger partial charge on any atom is 0.316 e. The lowest BCUT2D eigenvalue weighted by Crippen LogP contribution is -2.25. The van der Waals surface area contributed by atoms with Crippen molar-refractivity contribution < 1.29 is 14.3 Å². The molecule has 0 aliphatic carbocycles. The minimum Gasteiger partial charge on any atom is -0.468 e. The molecule has 1 unspecified atom stereocenters. The van der Waals surface area contributed by atoms with Crippen molar-refractivity contribution in [2.45, 2.75) is 274 Å². The van der Waals surface area contributed by atoms with Crippen molar-refractivity contribution >= 4 is 58.8 Å². The summed E-state index contributed by atoms with van der Waals surface area (Å²) < 4.78 is 6.59. The Labute approximate surface area is 381 Å². The van der Waals surface area contributed by atoms with Gasteiger partial charge in [0.1, 0.15) is 11.7 Å². The molecule has 346 valence electrons. The molecule has 0 saturated heterocycles. The van der Waals surface area contributed by atoms with Crippen molar-refractivity contribution in [1.29, 1.82) is 0 Å². The Morgan fingerprint density at radius 3 is 0.966 bits per heavy atom. The van der Waals surface area contributed by atoms with E-state index in [2.05, 4.69) is 74.7 Å². The maximum absolute atomic E-state index is 13.2. The standard InChI is InChI=1S/C51H100O3S4/c1-6-10-14-18-27-35-43-55-49(56-44-36-28-19-15-11-7-2)41-33-24-22-23-32-40-48(52)47(51(53)54-5)39-31-25-26-34-42-50(57-45-37-29-20-16-12-8-3)58-46-38-30-21-17-13-9-4/h47,49-50H,6-46H2,1-5H3. The summed E-state index contributed by atoms with van der Waals surface area (Å²) in [6.07, 6.45) is 47.2. The molecule has 0 fully saturated rings. The highest BCUT2D eigenvalue weighted by Gasteiger charge is 2.26. The minimum atomic E-state index is -0.563. The van der Waals surface area contributed by atoms with E-state index in [4.69, 9.17) is 4.74 Å². The molecule has 0 spiro atoms. The molecule has 0 saturated carbocycles. The normalized spacial score (nSPS) is 12.3. The Morgan fingerprint density at radius 2 is 0.638 bits per heavy atom. The zero-order chi connectivity index (χ0) is 42.4. The van der Waals surface area contributed by atoms with Crippen LogP contribution in [0.2, 0.25) is 0 Å². The van der Waals surface area contributed by atoms with Gasteiger partial charge in [-0.3, -0.25) is 9.59 Å². The van der Waals surface area contributed by atoms with Gasteiger partial charge in [-0.1, -0.05) is 207 Å². The first-order valence-electron chi connectivity index (χ1n) is 25.6.